The maximum Gasteiger partial charge on any atom is 0.0725 e. The van der Waals surface area contributed by atoms with E-state index in [1.807, 2.05) is 11.3 Å². The first-order valence-electron chi connectivity index (χ1n) is 17.6. The van der Waals surface area contributed by atoms with E-state index in [0.717, 1.165) is 0 Å². The lowest BCUT2D eigenvalue weighted by Gasteiger charge is -2.31. The van der Waals surface area contributed by atoms with E-state index in [9.17, 15) is 0 Å². The molecule has 1 atom stereocenters. The Balaban J connectivity index is 1.16. The molecule has 0 nitrogen and oxygen atoms in total. The number of fused-ring (bicyclic) bond motifs is 13. The fraction of sp³-hybridized carbons (Fsp3) is 0.0204. The summed E-state index contributed by atoms with van der Waals surface area (Å²) in [5.41, 5.74) is 13.1. The van der Waals surface area contributed by atoms with Crippen molar-refractivity contribution in [3.8, 4) is 33.4 Å². The zero-order valence-corrected chi connectivity index (χ0v) is 29.5. The molecule has 0 aliphatic heterocycles. The highest BCUT2D eigenvalue weighted by molar-refractivity contribution is 8.17. The minimum Gasteiger partial charge on any atom is -0.171 e. The predicted molar refractivity (Wildman–Crippen MR) is 218 cm³/mol. The third kappa shape index (κ3) is 4.09. The fourth-order valence-corrected chi connectivity index (χ4v) is 12.9. The molecule has 0 saturated carbocycles. The first-order chi connectivity index (χ1) is 25.3. The number of thiophene rings is 1. The molecular formula is C49H32S2. The van der Waals surface area contributed by atoms with Gasteiger partial charge in [-0.1, -0.05) is 152 Å². The topological polar surface area (TPSA) is 0 Å². The zero-order valence-electron chi connectivity index (χ0n) is 27.8. The van der Waals surface area contributed by atoms with Crippen LogP contribution in [0.3, 0.4) is 0 Å². The summed E-state index contributed by atoms with van der Waals surface area (Å²) in [5.74, 6) is 0. The molecule has 1 unspecified atom stereocenters. The molecule has 0 saturated heterocycles. The first kappa shape index (κ1) is 29.1. The van der Waals surface area contributed by atoms with Crippen molar-refractivity contribution >= 4 is 42.4 Å². The van der Waals surface area contributed by atoms with Gasteiger partial charge in [0.05, 0.1) is 5.41 Å². The van der Waals surface area contributed by atoms with Crippen molar-refractivity contribution in [1.82, 2.24) is 0 Å². The molecule has 2 aliphatic carbocycles. The van der Waals surface area contributed by atoms with Gasteiger partial charge in [-0.05, 0) is 102 Å². The summed E-state index contributed by atoms with van der Waals surface area (Å²) in [6, 6.07) is 70.7. The van der Waals surface area contributed by atoms with E-state index >= 15 is 0 Å². The molecule has 0 amide bonds. The van der Waals surface area contributed by atoms with E-state index < -0.39 is 10.9 Å². The average Bonchev–Trinajstić information content (AvgIpc) is 3.83. The monoisotopic (exact) mass is 684 g/mol. The third-order valence-electron chi connectivity index (χ3n) is 11.1. The van der Waals surface area contributed by atoms with Gasteiger partial charge in [0, 0.05) is 25.1 Å². The molecular weight excluding hydrogens is 653 g/mol. The molecule has 0 radical (unpaired) electrons. The Bertz CT molecular complexity index is 2760. The van der Waals surface area contributed by atoms with Crippen LogP contribution >= 0.6 is 22.2 Å². The molecule has 2 aliphatic rings. The number of hydrogen-bond donors (Lipinski definition) is 1. The van der Waals surface area contributed by atoms with Gasteiger partial charge in [0.1, 0.15) is 0 Å². The summed E-state index contributed by atoms with van der Waals surface area (Å²) in [4.78, 5) is 4.17. The lowest BCUT2D eigenvalue weighted by molar-refractivity contribution is 0.793. The molecule has 11 rings (SSSR count). The van der Waals surface area contributed by atoms with Gasteiger partial charge in [-0.25, -0.2) is 0 Å². The zero-order chi connectivity index (χ0) is 33.5. The second-order valence-electron chi connectivity index (χ2n) is 13.6. The van der Waals surface area contributed by atoms with E-state index in [0.29, 0.717) is 0 Å². The van der Waals surface area contributed by atoms with Crippen molar-refractivity contribution in [2.75, 3.05) is 0 Å². The molecule has 0 fully saturated rings. The molecule has 9 aromatic rings. The van der Waals surface area contributed by atoms with Crippen LogP contribution in [0.15, 0.2) is 203 Å². The third-order valence-corrected chi connectivity index (χ3v) is 14.9. The molecule has 8 aromatic carbocycles. The average molecular weight is 685 g/mol. The summed E-state index contributed by atoms with van der Waals surface area (Å²) < 4.78 is 2.74. The molecule has 1 spiro atoms. The van der Waals surface area contributed by atoms with Crippen LogP contribution in [0.4, 0.5) is 0 Å². The summed E-state index contributed by atoms with van der Waals surface area (Å²) in [6.07, 6.45) is 0. The van der Waals surface area contributed by atoms with Gasteiger partial charge in [-0.15, -0.1) is 11.3 Å². The maximum atomic E-state index is 2.55. The summed E-state index contributed by atoms with van der Waals surface area (Å²) in [5, 5.41) is 2.70. The van der Waals surface area contributed by atoms with Crippen molar-refractivity contribution in [2.24, 2.45) is 0 Å². The Labute approximate surface area is 304 Å². The molecule has 51 heavy (non-hydrogen) atoms. The smallest absolute Gasteiger partial charge is 0.0725 e. The van der Waals surface area contributed by atoms with Crippen molar-refractivity contribution in [3.05, 3.63) is 210 Å². The van der Waals surface area contributed by atoms with Gasteiger partial charge in [-0.3, -0.25) is 0 Å². The molecule has 1 aromatic heterocycles. The lowest BCUT2D eigenvalue weighted by Crippen LogP contribution is -2.25. The van der Waals surface area contributed by atoms with Crippen LogP contribution < -0.4 is 0 Å². The number of hydrogen-bond acceptors (Lipinski definition) is 1. The highest BCUT2D eigenvalue weighted by Gasteiger charge is 2.51. The first-order valence-corrected chi connectivity index (χ1v) is 19.8. The van der Waals surface area contributed by atoms with Crippen LogP contribution in [0.1, 0.15) is 22.3 Å². The van der Waals surface area contributed by atoms with Gasteiger partial charge < -0.3 is 0 Å². The molecule has 0 N–H and O–H groups in total. The number of thiol groups is 1. The van der Waals surface area contributed by atoms with Crippen molar-refractivity contribution in [3.63, 3.8) is 0 Å². The van der Waals surface area contributed by atoms with Crippen LogP contribution in [-0.4, -0.2) is 0 Å². The predicted octanol–water partition coefficient (Wildman–Crippen LogP) is 13.5. The van der Waals surface area contributed by atoms with Crippen molar-refractivity contribution in [1.29, 1.82) is 0 Å². The fourth-order valence-electron chi connectivity index (χ4n) is 9.00. The molecule has 0 bridgehead atoms. The highest BCUT2D eigenvalue weighted by atomic mass is 32.2. The SMILES string of the molecule is c1ccc(-c2ccc([SH](c3ccc4c(c3)-c3ccccc3C43c4ccccc4-c4ccccc43)c3cccc4c3sc3ccccc34)cc2)cc1. The number of rotatable bonds is 4. The van der Waals surface area contributed by atoms with Crippen LogP contribution in [0.2, 0.25) is 0 Å². The van der Waals surface area contributed by atoms with Gasteiger partial charge in [-0.2, -0.15) is 10.9 Å². The molecule has 240 valence electrons. The second-order valence-corrected chi connectivity index (χ2v) is 16.9. The highest BCUT2D eigenvalue weighted by Crippen LogP contribution is 2.64. The Morgan fingerprint density at radius 1 is 0.373 bits per heavy atom. The van der Waals surface area contributed by atoms with Gasteiger partial charge >= 0.3 is 0 Å². The Morgan fingerprint density at radius 3 is 1.61 bits per heavy atom. The Kier molecular flexibility index (Phi) is 6.37. The van der Waals surface area contributed by atoms with Crippen LogP contribution in [-0.2, 0) is 5.41 Å². The van der Waals surface area contributed by atoms with E-state index in [2.05, 4.69) is 188 Å². The second kappa shape index (κ2) is 11.2. The molecule has 1 heterocycles. The number of benzene rings is 8. The summed E-state index contributed by atoms with van der Waals surface area (Å²) in [6.45, 7) is 0. The van der Waals surface area contributed by atoms with Crippen LogP contribution in [0.5, 0.6) is 0 Å². The normalized spacial score (nSPS) is 14.3. The van der Waals surface area contributed by atoms with E-state index in [1.165, 1.54) is 90.5 Å². The largest absolute Gasteiger partial charge is 0.171 e. The van der Waals surface area contributed by atoms with E-state index in [4.69, 9.17) is 0 Å². The minimum absolute atomic E-state index is 0.330. The van der Waals surface area contributed by atoms with Gasteiger partial charge in [0.2, 0.25) is 0 Å². The summed E-state index contributed by atoms with van der Waals surface area (Å²) >= 11 is 1.94. The van der Waals surface area contributed by atoms with E-state index in [1.54, 1.807) is 0 Å². The van der Waals surface area contributed by atoms with Crippen LogP contribution in [0.25, 0.3) is 53.6 Å². The Hall–Kier alpha value is -5.67. The minimum atomic E-state index is -0.878. The van der Waals surface area contributed by atoms with Crippen LogP contribution in [0, 0.1) is 0 Å². The Morgan fingerprint density at radius 2 is 0.902 bits per heavy atom. The quantitative estimate of drug-likeness (QED) is 0.175. The van der Waals surface area contributed by atoms with Crippen molar-refractivity contribution in [2.45, 2.75) is 20.1 Å². The lowest BCUT2D eigenvalue weighted by atomic mass is 9.70. The van der Waals surface area contributed by atoms with Gasteiger partial charge in [0.15, 0.2) is 0 Å². The van der Waals surface area contributed by atoms with Gasteiger partial charge in [0.25, 0.3) is 0 Å². The molecule has 2 heteroatoms. The summed E-state index contributed by atoms with van der Waals surface area (Å²) in [7, 11) is -0.878. The standard InChI is InChI=1S/C49H32S2/c1-2-13-32(14-3-1)33-25-27-34(28-26-33)51(47-24-12-19-40-39-18-7-11-23-46(39)50-48(40)47)35-29-30-45-41(31-35)38-17-6-10-22-44(38)49(45)42-20-8-4-15-36(42)37-16-5-9-21-43(37)49/h1-31,51H. The van der Waals surface area contributed by atoms with E-state index in [-0.39, 0.29) is 5.41 Å². The van der Waals surface area contributed by atoms with Crippen molar-refractivity contribution < 1.29 is 0 Å². The maximum absolute atomic E-state index is 2.55.